The maximum absolute atomic E-state index is 12.3. The molecule has 0 saturated heterocycles. The van der Waals surface area contributed by atoms with Crippen LogP contribution < -0.4 is 10.6 Å². The van der Waals surface area contributed by atoms with Crippen molar-refractivity contribution in [3.8, 4) is 0 Å². The highest BCUT2D eigenvalue weighted by Crippen LogP contribution is 2.20. The molecule has 0 aliphatic heterocycles. The van der Waals surface area contributed by atoms with E-state index in [9.17, 15) is 4.79 Å². The lowest BCUT2D eigenvalue weighted by Gasteiger charge is -2.14. The monoisotopic (exact) mass is 306 g/mol. The first-order valence-corrected chi connectivity index (χ1v) is 7.43. The lowest BCUT2D eigenvalue weighted by molar-refractivity contribution is -0.118. The van der Waals surface area contributed by atoms with Crippen molar-refractivity contribution in [2.45, 2.75) is 13.0 Å². The standard InChI is InChI=1S/C18H18N4O/c1-14(22-11-10-19-13-22)18(23)21-17-9-5-8-16(12-17)20-15-6-3-2-4-7-15/h2-14,20H,1H3,(H,21,23). The van der Waals surface area contributed by atoms with Gasteiger partial charge in [0.1, 0.15) is 6.04 Å². The summed E-state index contributed by atoms with van der Waals surface area (Å²) >= 11 is 0. The zero-order chi connectivity index (χ0) is 16.1. The van der Waals surface area contributed by atoms with Crippen molar-refractivity contribution >= 4 is 23.0 Å². The molecule has 5 nitrogen and oxygen atoms in total. The van der Waals surface area contributed by atoms with Crippen LogP contribution in [0.25, 0.3) is 0 Å². The van der Waals surface area contributed by atoms with Crippen LogP contribution in [0.5, 0.6) is 0 Å². The predicted octanol–water partition coefficient (Wildman–Crippen LogP) is 3.83. The largest absolute Gasteiger partial charge is 0.355 e. The molecule has 2 aromatic carbocycles. The molecule has 0 bridgehead atoms. The average Bonchev–Trinajstić information content (AvgIpc) is 3.10. The summed E-state index contributed by atoms with van der Waals surface area (Å²) in [5, 5.41) is 6.24. The zero-order valence-electron chi connectivity index (χ0n) is 12.8. The highest BCUT2D eigenvalue weighted by Gasteiger charge is 2.14. The Kier molecular flexibility index (Phi) is 4.38. The van der Waals surface area contributed by atoms with E-state index in [2.05, 4.69) is 15.6 Å². The van der Waals surface area contributed by atoms with E-state index in [1.165, 1.54) is 0 Å². The number of carbonyl (C=O) groups is 1. The highest BCUT2D eigenvalue weighted by molar-refractivity contribution is 5.94. The number of nitrogens with zero attached hydrogens (tertiary/aromatic N) is 2. The molecule has 1 aromatic heterocycles. The maximum atomic E-state index is 12.3. The minimum Gasteiger partial charge on any atom is -0.355 e. The van der Waals surface area contributed by atoms with Gasteiger partial charge in [-0.3, -0.25) is 4.79 Å². The van der Waals surface area contributed by atoms with Gasteiger partial charge in [-0.1, -0.05) is 24.3 Å². The van der Waals surface area contributed by atoms with Gasteiger partial charge in [-0.2, -0.15) is 0 Å². The normalized spacial score (nSPS) is 11.7. The molecule has 0 saturated carbocycles. The number of anilines is 3. The number of nitrogens with one attached hydrogen (secondary N) is 2. The van der Waals surface area contributed by atoms with Crippen molar-refractivity contribution in [2.75, 3.05) is 10.6 Å². The summed E-state index contributed by atoms with van der Waals surface area (Å²) in [6.07, 6.45) is 5.07. The number of rotatable bonds is 5. The predicted molar refractivity (Wildman–Crippen MR) is 91.7 cm³/mol. The second-order valence-electron chi connectivity index (χ2n) is 5.25. The quantitative estimate of drug-likeness (QED) is 0.753. The Morgan fingerprint density at radius 2 is 1.78 bits per heavy atom. The Labute approximate surface area is 135 Å². The van der Waals surface area contributed by atoms with Crippen molar-refractivity contribution < 1.29 is 4.79 Å². The number of carbonyl (C=O) groups excluding carboxylic acids is 1. The first kappa shape index (κ1) is 14.8. The summed E-state index contributed by atoms with van der Waals surface area (Å²) < 4.78 is 1.77. The van der Waals surface area contributed by atoms with Crippen LogP contribution in [0.15, 0.2) is 73.3 Å². The van der Waals surface area contributed by atoms with Crippen LogP contribution in [-0.4, -0.2) is 15.5 Å². The van der Waals surface area contributed by atoms with Gasteiger partial charge < -0.3 is 15.2 Å². The summed E-state index contributed by atoms with van der Waals surface area (Å²) in [6, 6.07) is 17.2. The molecule has 1 amide bonds. The molecule has 116 valence electrons. The number of amides is 1. The fourth-order valence-corrected chi connectivity index (χ4v) is 2.24. The molecule has 1 heterocycles. The maximum Gasteiger partial charge on any atom is 0.247 e. The van der Waals surface area contributed by atoms with E-state index in [0.717, 1.165) is 17.1 Å². The van der Waals surface area contributed by atoms with Gasteiger partial charge in [0.05, 0.1) is 6.33 Å². The van der Waals surface area contributed by atoms with Gasteiger partial charge in [-0.25, -0.2) is 4.98 Å². The van der Waals surface area contributed by atoms with E-state index >= 15 is 0 Å². The van der Waals surface area contributed by atoms with Crippen LogP contribution in [0, 0.1) is 0 Å². The van der Waals surface area contributed by atoms with Crippen molar-refractivity contribution in [3.05, 3.63) is 73.3 Å². The lowest BCUT2D eigenvalue weighted by Crippen LogP contribution is -2.22. The van der Waals surface area contributed by atoms with Gasteiger partial charge in [0.15, 0.2) is 0 Å². The molecule has 0 fully saturated rings. The van der Waals surface area contributed by atoms with Crippen LogP contribution in [0.4, 0.5) is 17.1 Å². The topological polar surface area (TPSA) is 59.0 Å². The molecular formula is C18H18N4O. The van der Waals surface area contributed by atoms with E-state index in [0.29, 0.717) is 0 Å². The zero-order valence-corrected chi connectivity index (χ0v) is 12.8. The molecular weight excluding hydrogens is 288 g/mol. The SMILES string of the molecule is CC(C(=O)Nc1cccc(Nc2ccccc2)c1)n1ccnc1. The van der Waals surface area contributed by atoms with Crippen molar-refractivity contribution in [2.24, 2.45) is 0 Å². The first-order chi connectivity index (χ1) is 11.2. The van der Waals surface area contributed by atoms with E-state index in [-0.39, 0.29) is 11.9 Å². The fraction of sp³-hybridized carbons (Fsp3) is 0.111. The van der Waals surface area contributed by atoms with Gasteiger partial charge in [0.25, 0.3) is 0 Å². The third-order valence-corrected chi connectivity index (χ3v) is 3.54. The molecule has 3 rings (SSSR count). The Morgan fingerprint density at radius 3 is 2.52 bits per heavy atom. The van der Waals surface area contributed by atoms with Crippen LogP contribution >= 0.6 is 0 Å². The van der Waals surface area contributed by atoms with Gasteiger partial charge >= 0.3 is 0 Å². The molecule has 0 spiro atoms. The number of aromatic nitrogens is 2. The summed E-state index contributed by atoms with van der Waals surface area (Å²) in [6.45, 7) is 1.84. The Hall–Kier alpha value is -3.08. The van der Waals surface area contributed by atoms with Crippen molar-refractivity contribution in [1.29, 1.82) is 0 Å². The Bertz CT molecular complexity index is 769. The summed E-state index contributed by atoms with van der Waals surface area (Å²) in [5.74, 6) is -0.0835. The average molecular weight is 306 g/mol. The number of para-hydroxylation sites is 1. The highest BCUT2D eigenvalue weighted by atomic mass is 16.2. The molecule has 1 unspecified atom stereocenters. The van der Waals surface area contributed by atoms with E-state index in [1.807, 2.05) is 61.5 Å². The molecule has 2 N–H and O–H groups in total. The van der Waals surface area contributed by atoms with E-state index in [1.54, 1.807) is 23.3 Å². The van der Waals surface area contributed by atoms with Gasteiger partial charge in [0, 0.05) is 29.5 Å². The minimum atomic E-state index is -0.316. The van der Waals surface area contributed by atoms with Crippen LogP contribution in [0.2, 0.25) is 0 Å². The third-order valence-electron chi connectivity index (χ3n) is 3.54. The molecule has 0 radical (unpaired) electrons. The summed E-state index contributed by atoms with van der Waals surface area (Å²) in [4.78, 5) is 16.3. The van der Waals surface area contributed by atoms with Crippen molar-refractivity contribution in [1.82, 2.24) is 9.55 Å². The van der Waals surface area contributed by atoms with Crippen LogP contribution in [0.1, 0.15) is 13.0 Å². The Balaban J connectivity index is 1.69. The third kappa shape index (κ3) is 3.77. The second-order valence-corrected chi connectivity index (χ2v) is 5.25. The molecule has 1 atom stereocenters. The number of hydrogen-bond donors (Lipinski definition) is 2. The number of benzene rings is 2. The molecule has 0 aliphatic rings. The molecule has 23 heavy (non-hydrogen) atoms. The molecule has 3 aromatic rings. The smallest absolute Gasteiger partial charge is 0.247 e. The molecule has 0 aliphatic carbocycles. The van der Waals surface area contributed by atoms with Crippen molar-refractivity contribution in [3.63, 3.8) is 0 Å². The van der Waals surface area contributed by atoms with Crippen LogP contribution in [0.3, 0.4) is 0 Å². The minimum absolute atomic E-state index is 0.0835. The van der Waals surface area contributed by atoms with Crippen LogP contribution in [-0.2, 0) is 4.79 Å². The Morgan fingerprint density at radius 1 is 1.04 bits per heavy atom. The van der Waals surface area contributed by atoms with Gasteiger partial charge in [-0.05, 0) is 37.3 Å². The first-order valence-electron chi connectivity index (χ1n) is 7.43. The summed E-state index contributed by atoms with van der Waals surface area (Å²) in [7, 11) is 0. The van der Waals surface area contributed by atoms with Gasteiger partial charge in [-0.15, -0.1) is 0 Å². The summed E-state index contributed by atoms with van der Waals surface area (Å²) in [5.41, 5.74) is 2.68. The number of hydrogen-bond acceptors (Lipinski definition) is 3. The second kappa shape index (κ2) is 6.79. The van der Waals surface area contributed by atoms with E-state index in [4.69, 9.17) is 0 Å². The molecule has 5 heteroatoms. The fourth-order valence-electron chi connectivity index (χ4n) is 2.24. The van der Waals surface area contributed by atoms with Gasteiger partial charge in [0.2, 0.25) is 5.91 Å². The van der Waals surface area contributed by atoms with E-state index < -0.39 is 0 Å². The number of imidazole rings is 1. The lowest BCUT2D eigenvalue weighted by atomic mass is 10.2.